The molecule has 0 bridgehead atoms. The molecule has 0 saturated heterocycles. The van der Waals surface area contributed by atoms with Gasteiger partial charge < -0.3 is 4.57 Å². The van der Waals surface area contributed by atoms with Crippen LogP contribution in [0.4, 0.5) is 0 Å². The van der Waals surface area contributed by atoms with Crippen LogP contribution in [0.5, 0.6) is 0 Å². The molecular weight excluding hydrogens is 222 g/mol. The number of Topliss-reactive ketones (excluding diaryl/α,β-unsaturated/α-hetero) is 1. The first-order valence-electron chi connectivity index (χ1n) is 5.23. The summed E-state index contributed by atoms with van der Waals surface area (Å²) < 4.78 is 2.03. The molecule has 86 valence electrons. The van der Waals surface area contributed by atoms with Gasteiger partial charge in [0.15, 0.2) is 5.78 Å². The van der Waals surface area contributed by atoms with Crippen molar-refractivity contribution < 1.29 is 4.79 Å². The van der Waals surface area contributed by atoms with E-state index >= 15 is 0 Å². The van der Waals surface area contributed by atoms with Crippen LogP contribution in [0, 0.1) is 25.7 Å². The van der Waals surface area contributed by atoms with E-state index in [0.717, 1.165) is 11.4 Å². The number of ketones is 1. The molecule has 0 aliphatic rings. The number of rotatable bonds is 3. The molecule has 1 heterocycles. The molecule has 0 spiro atoms. The first kappa shape index (κ1) is 12.9. The lowest BCUT2D eigenvalue weighted by atomic mass is 10.1. The minimum atomic E-state index is -0.480. The highest BCUT2D eigenvalue weighted by atomic mass is 35.5. The van der Waals surface area contributed by atoms with Crippen LogP contribution < -0.4 is 0 Å². The molecule has 1 unspecified atom stereocenters. The number of carbonyl (C=O) groups excluding carboxylic acids is 1. The summed E-state index contributed by atoms with van der Waals surface area (Å²) in [7, 11) is 0. The van der Waals surface area contributed by atoms with E-state index < -0.39 is 5.38 Å². The Balaban J connectivity index is 3.14. The molecule has 1 rings (SSSR count). The standard InChI is InChI=1S/C13H16ClNO/c1-5-6-7-15-9(2)8-12(11(15)4)13(16)10(3)14/h8,10H,7H2,1-4H3. The van der Waals surface area contributed by atoms with Gasteiger partial charge in [0.2, 0.25) is 0 Å². The second-order valence-electron chi connectivity index (χ2n) is 3.78. The van der Waals surface area contributed by atoms with Crippen molar-refractivity contribution in [2.24, 2.45) is 0 Å². The Hall–Kier alpha value is -1.20. The molecule has 0 aliphatic heterocycles. The van der Waals surface area contributed by atoms with Crippen LogP contribution in [0.3, 0.4) is 0 Å². The van der Waals surface area contributed by atoms with Gasteiger partial charge in [-0.25, -0.2) is 0 Å². The van der Waals surface area contributed by atoms with Gasteiger partial charge in [0.05, 0.1) is 11.9 Å². The summed E-state index contributed by atoms with van der Waals surface area (Å²) in [6, 6.07) is 1.88. The summed E-state index contributed by atoms with van der Waals surface area (Å²) in [4.78, 5) is 11.8. The second-order valence-corrected chi connectivity index (χ2v) is 4.43. The average Bonchev–Trinajstić information content (AvgIpc) is 2.51. The van der Waals surface area contributed by atoms with Crippen molar-refractivity contribution in [1.82, 2.24) is 4.57 Å². The van der Waals surface area contributed by atoms with E-state index in [1.165, 1.54) is 0 Å². The highest BCUT2D eigenvalue weighted by Gasteiger charge is 2.18. The lowest BCUT2D eigenvalue weighted by Crippen LogP contribution is -2.12. The van der Waals surface area contributed by atoms with Crippen LogP contribution in [0.1, 0.15) is 35.6 Å². The third-order valence-corrected chi connectivity index (χ3v) is 2.81. The van der Waals surface area contributed by atoms with Crippen molar-refractivity contribution in [1.29, 1.82) is 0 Å². The highest BCUT2D eigenvalue weighted by molar-refractivity contribution is 6.33. The fraction of sp³-hybridized carbons (Fsp3) is 0.462. The van der Waals surface area contributed by atoms with E-state index in [2.05, 4.69) is 11.8 Å². The fourth-order valence-corrected chi connectivity index (χ4v) is 1.78. The van der Waals surface area contributed by atoms with Crippen molar-refractivity contribution in [2.75, 3.05) is 0 Å². The molecule has 0 fully saturated rings. The Morgan fingerprint density at radius 3 is 2.69 bits per heavy atom. The topological polar surface area (TPSA) is 22.0 Å². The van der Waals surface area contributed by atoms with E-state index in [4.69, 9.17) is 11.6 Å². The summed E-state index contributed by atoms with van der Waals surface area (Å²) in [5.74, 6) is 5.82. The van der Waals surface area contributed by atoms with Crippen molar-refractivity contribution in [3.63, 3.8) is 0 Å². The predicted molar refractivity (Wildman–Crippen MR) is 67.0 cm³/mol. The minimum absolute atomic E-state index is 0.0227. The van der Waals surface area contributed by atoms with Gasteiger partial charge in [-0.3, -0.25) is 4.79 Å². The van der Waals surface area contributed by atoms with Crippen LogP contribution in [0.15, 0.2) is 6.07 Å². The maximum Gasteiger partial charge on any atom is 0.182 e. The summed E-state index contributed by atoms with van der Waals surface area (Å²) in [6.45, 7) is 8.03. The Labute approximate surface area is 102 Å². The quantitative estimate of drug-likeness (QED) is 0.450. The fourth-order valence-electron chi connectivity index (χ4n) is 1.67. The van der Waals surface area contributed by atoms with Gasteiger partial charge in [0, 0.05) is 17.0 Å². The lowest BCUT2D eigenvalue weighted by molar-refractivity contribution is 0.0991. The van der Waals surface area contributed by atoms with Gasteiger partial charge in [-0.15, -0.1) is 17.5 Å². The normalized spacial score (nSPS) is 11.8. The molecule has 3 heteroatoms. The molecule has 16 heavy (non-hydrogen) atoms. The van der Waals surface area contributed by atoms with Gasteiger partial charge in [0.25, 0.3) is 0 Å². The molecule has 1 aromatic rings. The Morgan fingerprint density at radius 1 is 1.56 bits per heavy atom. The van der Waals surface area contributed by atoms with E-state index in [9.17, 15) is 4.79 Å². The van der Waals surface area contributed by atoms with Gasteiger partial charge in [-0.2, -0.15) is 0 Å². The van der Waals surface area contributed by atoms with Crippen LogP contribution in [-0.4, -0.2) is 15.7 Å². The number of hydrogen-bond acceptors (Lipinski definition) is 1. The molecule has 2 nitrogen and oxygen atoms in total. The number of halogens is 1. The first-order chi connectivity index (χ1) is 7.49. The second kappa shape index (κ2) is 5.23. The monoisotopic (exact) mass is 237 g/mol. The zero-order chi connectivity index (χ0) is 12.3. The molecule has 0 radical (unpaired) electrons. The van der Waals surface area contributed by atoms with Crippen molar-refractivity contribution in [3.8, 4) is 11.8 Å². The van der Waals surface area contributed by atoms with Crippen LogP contribution in [0.2, 0.25) is 0 Å². The van der Waals surface area contributed by atoms with E-state index in [0.29, 0.717) is 12.1 Å². The summed E-state index contributed by atoms with van der Waals surface area (Å²) in [5.41, 5.74) is 2.69. The van der Waals surface area contributed by atoms with Crippen LogP contribution in [0.25, 0.3) is 0 Å². The zero-order valence-corrected chi connectivity index (χ0v) is 10.9. The molecule has 1 atom stereocenters. The van der Waals surface area contributed by atoms with E-state index in [-0.39, 0.29) is 5.78 Å². The van der Waals surface area contributed by atoms with E-state index in [1.54, 1.807) is 13.8 Å². The number of carbonyl (C=O) groups is 1. The average molecular weight is 238 g/mol. The van der Waals surface area contributed by atoms with Crippen molar-refractivity contribution >= 4 is 17.4 Å². The smallest absolute Gasteiger partial charge is 0.182 e. The third-order valence-electron chi connectivity index (χ3n) is 2.61. The molecule has 0 saturated carbocycles. The molecule has 0 aliphatic carbocycles. The van der Waals surface area contributed by atoms with Crippen molar-refractivity contribution in [2.45, 2.75) is 39.6 Å². The molecule has 0 N–H and O–H groups in total. The first-order valence-corrected chi connectivity index (χ1v) is 5.67. The number of aromatic nitrogens is 1. The lowest BCUT2D eigenvalue weighted by Gasteiger charge is -2.05. The number of alkyl halides is 1. The Kier molecular flexibility index (Phi) is 4.20. The zero-order valence-electron chi connectivity index (χ0n) is 10.1. The molecule has 0 amide bonds. The predicted octanol–water partition coefficient (Wildman–Crippen LogP) is 2.94. The number of nitrogens with zero attached hydrogens (tertiary/aromatic N) is 1. The minimum Gasteiger partial charge on any atom is -0.337 e. The third kappa shape index (κ3) is 2.48. The highest BCUT2D eigenvalue weighted by Crippen LogP contribution is 2.18. The summed E-state index contributed by atoms with van der Waals surface area (Å²) in [6.07, 6.45) is 0. The maximum absolute atomic E-state index is 11.8. The number of hydrogen-bond donors (Lipinski definition) is 0. The van der Waals surface area contributed by atoms with Gasteiger partial charge in [0.1, 0.15) is 0 Å². The molecule has 1 aromatic heterocycles. The Morgan fingerprint density at radius 2 is 2.19 bits per heavy atom. The Bertz CT molecular complexity index is 460. The maximum atomic E-state index is 11.8. The van der Waals surface area contributed by atoms with Gasteiger partial charge in [-0.05, 0) is 33.8 Å². The van der Waals surface area contributed by atoms with Crippen molar-refractivity contribution in [3.05, 3.63) is 23.0 Å². The van der Waals surface area contributed by atoms with Crippen LogP contribution >= 0.6 is 11.6 Å². The van der Waals surface area contributed by atoms with Crippen LogP contribution in [-0.2, 0) is 6.54 Å². The summed E-state index contributed by atoms with van der Waals surface area (Å²) >= 11 is 5.81. The largest absolute Gasteiger partial charge is 0.337 e. The molecule has 0 aromatic carbocycles. The summed E-state index contributed by atoms with van der Waals surface area (Å²) in [5, 5.41) is -0.480. The van der Waals surface area contributed by atoms with E-state index in [1.807, 2.05) is 24.5 Å². The van der Waals surface area contributed by atoms with Gasteiger partial charge >= 0.3 is 0 Å². The number of aryl methyl sites for hydroxylation is 1. The van der Waals surface area contributed by atoms with Gasteiger partial charge in [-0.1, -0.05) is 5.92 Å². The molecular formula is C13H16ClNO. The SMILES string of the molecule is CC#CCn1c(C)cc(C(=O)C(C)Cl)c1C.